The van der Waals surface area contributed by atoms with E-state index in [2.05, 4.69) is 41.6 Å². The molecular weight excluding hydrogens is 290 g/mol. The van der Waals surface area contributed by atoms with Crippen LogP contribution in [0.3, 0.4) is 0 Å². The van der Waals surface area contributed by atoms with Crippen LogP contribution in [-0.2, 0) is 6.42 Å². The Bertz CT molecular complexity index is 296. The second-order valence-electron chi connectivity index (χ2n) is 3.51. The minimum atomic E-state index is -0.355. The van der Waals surface area contributed by atoms with Crippen molar-refractivity contribution in [3.63, 3.8) is 0 Å². The molecule has 0 aliphatic rings. The Hall–Kier alpha value is -0.120. The van der Waals surface area contributed by atoms with Crippen molar-refractivity contribution >= 4 is 22.6 Å². The van der Waals surface area contributed by atoms with E-state index in [1.54, 1.807) is 0 Å². The molecule has 0 fully saturated rings. The van der Waals surface area contributed by atoms with Crippen molar-refractivity contribution in [1.82, 2.24) is 0 Å². The highest BCUT2D eigenvalue weighted by Gasteiger charge is 2.07. The predicted molar refractivity (Wildman–Crippen MR) is 67.1 cm³/mol. The molecule has 0 atom stereocenters. The van der Waals surface area contributed by atoms with E-state index in [1.807, 2.05) is 13.0 Å². The largest absolute Gasteiger partial charge is 0.250 e. The average molecular weight is 305 g/mol. The SMILES string of the molecule is CCCc1cc(I)cc([C](C)CF)c1. The standard InChI is InChI=1S/C12H15FI/c1-3-4-10-5-11(9(2)8-13)7-12(14)6-10/h5-7H,3-4,8H2,1-2H3. The molecule has 1 aromatic carbocycles. The van der Waals surface area contributed by atoms with E-state index in [-0.39, 0.29) is 6.67 Å². The first-order chi connectivity index (χ1) is 6.67. The van der Waals surface area contributed by atoms with Crippen molar-refractivity contribution in [3.8, 4) is 0 Å². The molecule has 0 spiro atoms. The first-order valence-corrected chi connectivity index (χ1v) is 5.93. The molecule has 0 bridgehead atoms. The molecule has 0 aliphatic heterocycles. The molecule has 77 valence electrons. The molecule has 14 heavy (non-hydrogen) atoms. The monoisotopic (exact) mass is 305 g/mol. The van der Waals surface area contributed by atoms with Gasteiger partial charge in [0.25, 0.3) is 0 Å². The number of hydrogen-bond acceptors (Lipinski definition) is 0. The Kier molecular flexibility index (Phi) is 4.85. The topological polar surface area (TPSA) is 0 Å². The first kappa shape index (κ1) is 12.0. The van der Waals surface area contributed by atoms with Crippen LogP contribution in [0.4, 0.5) is 4.39 Å². The summed E-state index contributed by atoms with van der Waals surface area (Å²) in [6, 6.07) is 6.30. The molecule has 0 N–H and O–H groups in total. The smallest absolute Gasteiger partial charge is 0.0997 e. The molecule has 0 aromatic heterocycles. The zero-order valence-electron chi connectivity index (χ0n) is 8.61. The lowest BCUT2D eigenvalue weighted by atomic mass is 9.99. The van der Waals surface area contributed by atoms with Crippen LogP contribution in [-0.4, -0.2) is 6.67 Å². The molecule has 0 saturated carbocycles. The summed E-state index contributed by atoms with van der Waals surface area (Å²) in [6.07, 6.45) is 2.21. The number of alkyl halides is 1. The van der Waals surface area contributed by atoms with Crippen molar-refractivity contribution in [1.29, 1.82) is 0 Å². The van der Waals surface area contributed by atoms with Crippen LogP contribution in [0.15, 0.2) is 18.2 Å². The summed E-state index contributed by atoms with van der Waals surface area (Å²) >= 11 is 2.28. The number of halogens is 2. The lowest BCUT2D eigenvalue weighted by Gasteiger charge is -2.09. The average Bonchev–Trinajstić information content (AvgIpc) is 2.16. The van der Waals surface area contributed by atoms with Gasteiger partial charge >= 0.3 is 0 Å². The number of aryl methyl sites for hydroxylation is 1. The minimum Gasteiger partial charge on any atom is -0.250 e. The summed E-state index contributed by atoms with van der Waals surface area (Å²) in [5.41, 5.74) is 2.35. The fourth-order valence-corrected chi connectivity index (χ4v) is 2.14. The van der Waals surface area contributed by atoms with Crippen molar-refractivity contribution in [2.75, 3.05) is 6.67 Å². The summed E-state index contributed by atoms with van der Waals surface area (Å²) in [6.45, 7) is 3.65. The third kappa shape index (κ3) is 3.23. The van der Waals surface area contributed by atoms with E-state index >= 15 is 0 Å². The lowest BCUT2D eigenvalue weighted by Crippen LogP contribution is -1.99. The summed E-state index contributed by atoms with van der Waals surface area (Å²) in [5, 5.41) is 0. The molecule has 0 aliphatic carbocycles. The minimum absolute atomic E-state index is 0.355. The van der Waals surface area contributed by atoms with Gasteiger partial charge in [-0.25, -0.2) is 0 Å². The molecule has 1 radical (unpaired) electrons. The number of hydrogen-bond donors (Lipinski definition) is 0. The highest BCUT2D eigenvalue weighted by Crippen LogP contribution is 2.20. The predicted octanol–water partition coefficient (Wildman–Crippen LogP) is 4.16. The molecule has 0 heterocycles. The summed E-state index contributed by atoms with van der Waals surface area (Å²) < 4.78 is 13.7. The zero-order chi connectivity index (χ0) is 10.6. The van der Waals surface area contributed by atoms with E-state index in [4.69, 9.17) is 0 Å². The van der Waals surface area contributed by atoms with Crippen molar-refractivity contribution < 1.29 is 4.39 Å². The van der Waals surface area contributed by atoms with Gasteiger partial charge in [-0.1, -0.05) is 26.3 Å². The van der Waals surface area contributed by atoms with Crippen LogP contribution in [0.2, 0.25) is 0 Å². The van der Waals surface area contributed by atoms with Crippen molar-refractivity contribution in [2.24, 2.45) is 0 Å². The van der Waals surface area contributed by atoms with Crippen LogP contribution in [0.1, 0.15) is 31.4 Å². The summed E-state index contributed by atoms with van der Waals surface area (Å²) in [7, 11) is 0. The van der Waals surface area contributed by atoms with E-state index in [0.29, 0.717) is 0 Å². The van der Waals surface area contributed by atoms with E-state index in [9.17, 15) is 4.39 Å². The first-order valence-electron chi connectivity index (χ1n) is 4.85. The quantitative estimate of drug-likeness (QED) is 0.733. The maximum absolute atomic E-state index is 12.5. The van der Waals surface area contributed by atoms with Gasteiger partial charge in [-0.05, 0) is 52.3 Å². The Morgan fingerprint density at radius 2 is 2.07 bits per heavy atom. The van der Waals surface area contributed by atoms with Crippen molar-refractivity contribution in [2.45, 2.75) is 26.7 Å². The van der Waals surface area contributed by atoms with Crippen LogP contribution >= 0.6 is 22.6 Å². The highest BCUT2D eigenvalue weighted by atomic mass is 127. The molecule has 1 aromatic rings. The summed E-state index contributed by atoms with van der Waals surface area (Å²) in [5.74, 6) is 0.820. The Morgan fingerprint density at radius 3 is 2.64 bits per heavy atom. The molecule has 0 saturated heterocycles. The molecule has 0 nitrogen and oxygen atoms in total. The highest BCUT2D eigenvalue weighted by molar-refractivity contribution is 14.1. The van der Waals surface area contributed by atoms with Crippen LogP contribution < -0.4 is 0 Å². The van der Waals surface area contributed by atoms with Crippen LogP contribution in [0.25, 0.3) is 0 Å². The molecule has 2 heteroatoms. The van der Waals surface area contributed by atoms with Gasteiger partial charge in [0.1, 0.15) is 0 Å². The molecular formula is C12H15FI. The van der Waals surface area contributed by atoms with Gasteiger partial charge in [0.05, 0.1) is 6.67 Å². The van der Waals surface area contributed by atoms with Gasteiger partial charge in [-0.3, -0.25) is 4.39 Å². The molecule has 0 unspecified atom stereocenters. The fourth-order valence-electron chi connectivity index (χ4n) is 1.41. The van der Waals surface area contributed by atoms with Gasteiger partial charge in [0.2, 0.25) is 0 Å². The Balaban J connectivity index is 2.94. The van der Waals surface area contributed by atoms with Gasteiger partial charge in [0, 0.05) is 9.49 Å². The van der Waals surface area contributed by atoms with E-state index in [1.165, 1.54) is 9.13 Å². The molecule has 1 rings (SSSR count). The van der Waals surface area contributed by atoms with E-state index < -0.39 is 0 Å². The van der Waals surface area contributed by atoms with Crippen LogP contribution in [0.5, 0.6) is 0 Å². The van der Waals surface area contributed by atoms with Crippen molar-refractivity contribution in [3.05, 3.63) is 38.8 Å². The zero-order valence-corrected chi connectivity index (χ0v) is 10.8. The number of benzene rings is 1. The third-order valence-electron chi connectivity index (χ3n) is 2.19. The fraction of sp³-hybridized carbons (Fsp3) is 0.417. The van der Waals surface area contributed by atoms with Gasteiger partial charge in [0.15, 0.2) is 0 Å². The normalized spacial score (nSPS) is 10.9. The molecule has 0 amide bonds. The lowest BCUT2D eigenvalue weighted by molar-refractivity contribution is 0.516. The van der Waals surface area contributed by atoms with Crippen LogP contribution in [0, 0.1) is 9.49 Å². The Labute approximate surface area is 99.0 Å². The van der Waals surface area contributed by atoms with Gasteiger partial charge in [-0.2, -0.15) is 0 Å². The second kappa shape index (κ2) is 5.69. The number of rotatable bonds is 4. The van der Waals surface area contributed by atoms with E-state index in [0.717, 1.165) is 24.3 Å². The maximum atomic E-state index is 12.5. The third-order valence-corrected chi connectivity index (χ3v) is 2.81. The second-order valence-corrected chi connectivity index (χ2v) is 4.76. The van der Waals surface area contributed by atoms with Gasteiger partial charge < -0.3 is 0 Å². The van der Waals surface area contributed by atoms with Gasteiger partial charge in [-0.15, -0.1) is 0 Å². The Morgan fingerprint density at radius 1 is 1.36 bits per heavy atom. The summed E-state index contributed by atoms with van der Waals surface area (Å²) in [4.78, 5) is 0. The maximum Gasteiger partial charge on any atom is 0.0997 e.